The Labute approximate surface area is 92.2 Å². The third-order valence-electron chi connectivity index (χ3n) is 1.81. The maximum absolute atomic E-state index is 8.51. The number of nitrogens with zero attached hydrogens (tertiary/aromatic N) is 3. The Kier molecular flexibility index (Phi) is 8.49. The third kappa shape index (κ3) is 9.03. The van der Waals surface area contributed by atoms with Gasteiger partial charge in [-0.2, -0.15) is 5.26 Å². The van der Waals surface area contributed by atoms with Gasteiger partial charge in [0.25, 0.3) is 0 Å². The first-order chi connectivity index (χ1) is 7.20. The number of hydrogen-bond acceptors (Lipinski definition) is 3. The molecule has 0 heterocycles. The minimum absolute atomic E-state index is 0.577. The van der Waals surface area contributed by atoms with Crippen LogP contribution < -0.4 is 10.6 Å². The molecule has 0 aliphatic carbocycles. The monoisotopic (exact) mass is 211 g/mol. The van der Waals surface area contributed by atoms with Crippen LogP contribution in [-0.2, 0) is 0 Å². The van der Waals surface area contributed by atoms with Crippen molar-refractivity contribution in [3.8, 4) is 6.19 Å². The summed E-state index contributed by atoms with van der Waals surface area (Å²) >= 11 is 0. The molecule has 0 aromatic rings. The van der Waals surface area contributed by atoms with Gasteiger partial charge in [-0.05, 0) is 20.5 Å². The van der Waals surface area contributed by atoms with Gasteiger partial charge in [-0.1, -0.05) is 13.3 Å². The van der Waals surface area contributed by atoms with Gasteiger partial charge in [0, 0.05) is 19.6 Å². The first-order valence-electron chi connectivity index (χ1n) is 5.28. The lowest BCUT2D eigenvalue weighted by molar-refractivity contribution is 0.412. The lowest BCUT2D eigenvalue weighted by Gasteiger charge is -2.11. The van der Waals surface area contributed by atoms with Crippen LogP contribution in [0.25, 0.3) is 0 Å². The van der Waals surface area contributed by atoms with Gasteiger partial charge in [0.1, 0.15) is 0 Å². The molecule has 86 valence electrons. The highest BCUT2D eigenvalue weighted by atomic mass is 15.2. The quantitative estimate of drug-likeness (QED) is 0.219. The highest BCUT2D eigenvalue weighted by molar-refractivity contribution is 5.81. The molecule has 0 bridgehead atoms. The number of unbranched alkanes of at least 4 members (excludes halogenated alkanes) is 1. The molecule has 5 heteroatoms. The van der Waals surface area contributed by atoms with Crippen LogP contribution in [0.3, 0.4) is 0 Å². The molecule has 0 aliphatic heterocycles. The van der Waals surface area contributed by atoms with Gasteiger partial charge in [-0.15, -0.1) is 0 Å². The maximum Gasteiger partial charge on any atom is 0.204 e. The van der Waals surface area contributed by atoms with Gasteiger partial charge in [0.05, 0.1) is 0 Å². The first-order valence-corrected chi connectivity index (χ1v) is 5.28. The molecule has 0 saturated carbocycles. The van der Waals surface area contributed by atoms with Crippen LogP contribution >= 0.6 is 0 Å². The molecule has 0 unspecified atom stereocenters. The topological polar surface area (TPSA) is 63.5 Å². The second-order valence-corrected chi connectivity index (χ2v) is 3.55. The van der Waals surface area contributed by atoms with E-state index in [4.69, 9.17) is 5.26 Å². The van der Waals surface area contributed by atoms with E-state index in [0.29, 0.717) is 5.96 Å². The average Bonchev–Trinajstić information content (AvgIpc) is 2.17. The molecule has 0 fully saturated rings. The zero-order chi connectivity index (χ0) is 11.5. The van der Waals surface area contributed by atoms with E-state index in [1.165, 1.54) is 0 Å². The predicted molar refractivity (Wildman–Crippen MR) is 62.5 cm³/mol. The summed E-state index contributed by atoms with van der Waals surface area (Å²) in [4.78, 5) is 6.33. The van der Waals surface area contributed by atoms with Gasteiger partial charge in [0.15, 0.2) is 6.19 Å². The molecule has 0 amide bonds. The van der Waals surface area contributed by atoms with Crippen LogP contribution in [0.15, 0.2) is 4.99 Å². The van der Waals surface area contributed by atoms with E-state index < -0.39 is 0 Å². The molecular formula is C10H21N5. The number of aliphatic imine (C=N–C) groups is 1. The van der Waals surface area contributed by atoms with Crippen molar-refractivity contribution < 1.29 is 0 Å². The minimum atomic E-state index is 0.577. The van der Waals surface area contributed by atoms with Crippen molar-refractivity contribution >= 4 is 5.96 Å². The van der Waals surface area contributed by atoms with Crippen LogP contribution in [-0.4, -0.2) is 44.6 Å². The summed E-state index contributed by atoms with van der Waals surface area (Å²) in [6.45, 7) is 4.58. The molecule has 0 aliphatic rings. The molecule has 0 radical (unpaired) electrons. The Bertz CT molecular complexity index is 216. The van der Waals surface area contributed by atoms with Crippen molar-refractivity contribution in [2.24, 2.45) is 4.99 Å². The fraction of sp³-hybridized carbons (Fsp3) is 0.800. The Morgan fingerprint density at radius 1 is 1.47 bits per heavy atom. The molecule has 0 rings (SSSR count). The Hall–Kier alpha value is -1.28. The number of hydrogen-bond donors (Lipinski definition) is 2. The van der Waals surface area contributed by atoms with Gasteiger partial charge in [0.2, 0.25) is 5.96 Å². The lowest BCUT2D eigenvalue weighted by Crippen LogP contribution is -2.38. The van der Waals surface area contributed by atoms with Crippen molar-refractivity contribution in [1.82, 2.24) is 15.5 Å². The molecule has 0 aromatic heterocycles. The normalized spacial score (nSPS) is 11.3. The van der Waals surface area contributed by atoms with Crippen molar-refractivity contribution in [3.05, 3.63) is 0 Å². The molecule has 0 saturated heterocycles. The molecule has 0 spiro atoms. The minimum Gasteiger partial charge on any atom is -0.354 e. The van der Waals surface area contributed by atoms with Crippen molar-refractivity contribution in [2.45, 2.75) is 19.8 Å². The number of nitriles is 1. The summed E-state index contributed by atoms with van der Waals surface area (Å²) < 4.78 is 0. The number of guanidine groups is 1. The van der Waals surface area contributed by atoms with E-state index in [0.717, 1.165) is 32.5 Å². The second kappa shape index (κ2) is 9.28. The zero-order valence-corrected chi connectivity index (χ0v) is 9.88. The summed E-state index contributed by atoms with van der Waals surface area (Å²) in [6, 6.07) is 0. The number of rotatable bonds is 6. The van der Waals surface area contributed by atoms with E-state index in [-0.39, 0.29) is 0 Å². The number of nitrogens with one attached hydrogen (secondary N) is 2. The molecular weight excluding hydrogens is 190 g/mol. The Morgan fingerprint density at radius 2 is 2.20 bits per heavy atom. The lowest BCUT2D eigenvalue weighted by atomic mass is 10.3. The van der Waals surface area contributed by atoms with Crippen molar-refractivity contribution in [1.29, 1.82) is 5.26 Å². The second-order valence-electron chi connectivity index (χ2n) is 3.55. The van der Waals surface area contributed by atoms with E-state index >= 15 is 0 Å². The molecule has 2 N–H and O–H groups in total. The van der Waals surface area contributed by atoms with Gasteiger partial charge < -0.3 is 10.2 Å². The van der Waals surface area contributed by atoms with E-state index in [1.54, 1.807) is 0 Å². The van der Waals surface area contributed by atoms with Gasteiger partial charge in [-0.25, -0.2) is 0 Å². The predicted octanol–water partition coefficient (Wildman–Crippen LogP) is 0.364. The summed E-state index contributed by atoms with van der Waals surface area (Å²) in [5, 5.41) is 14.1. The molecule has 0 aromatic carbocycles. The fourth-order valence-corrected chi connectivity index (χ4v) is 0.939. The maximum atomic E-state index is 8.51. The van der Waals surface area contributed by atoms with Gasteiger partial charge >= 0.3 is 0 Å². The SMILES string of the molecule is CCCCN=C(NC#N)NCCN(C)C. The van der Waals surface area contributed by atoms with Crippen LogP contribution in [0.2, 0.25) is 0 Å². The summed E-state index contributed by atoms with van der Waals surface area (Å²) in [7, 11) is 4.01. The fourth-order valence-electron chi connectivity index (χ4n) is 0.939. The molecule has 5 nitrogen and oxygen atoms in total. The van der Waals surface area contributed by atoms with E-state index in [9.17, 15) is 0 Å². The zero-order valence-electron chi connectivity index (χ0n) is 9.88. The van der Waals surface area contributed by atoms with Crippen molar-refractivity contribution in [3.63, 3.8) is 0 Å². The highest BCUT2D eigenvalue weighted by Crippen LogP contribution is 1.86. The molecule has 0 atom stereocenters. The van der Waals surface area contributed by atoms with Crippen LogP contribution in [0.4, 0.5) is 0 Å². The van der Waals surface area contributed by atoms with Gasteiger partial charge in [-0.3, -0.25) is 10.3 Å². The largest absolute Gasteiger partial charge is 0.354 e. The average molecular weight is 211 g/mol. The Morgan fingerprint density at radius 3 is 2.73 bits per heavy atom. The van der Waals surface area contributed by atoms with Crippen LogP contribution in [0.5, 0.6) is 0 Å². The van der Waals surface area contributed by atoms with Crippen molar-refractivity contribution in [2.75, 3.05) is 33.7 Å². The standard InChI is InChI=1S/C10H21N5/c1-4-5-6-12-10(14-9-11)13-7-8-15(2)3/h4-8H2,1-3H3,(H2,12,13,14). The summed E-state index contributed by atoms with van der Waals surface area (Å²) in [6.07, 6.45) is 4.04. The summed E-state index contributed by atoms with van der Waals surface area (Å²) in [5.74, 6) is 0.577. The van der Waals surface area contributed by atoms with Crippen LogP contribution in [0.1, 0.15) is 19.8 Å². The Balaban J connectivity index is 3.82. The summed E-state index contributed by atoms with van der Waals surface area (Å²) in [5.41, 5.74) is 0. The number of likely N-dealkylation sites (N-methyl/N-ethyl adjacent to an activating group) is 1. The van der Waals surface area contributed by atoms with Crippen LogP contribution in [0, 0.1) is 11.5 Å². The van der Waals surface area contributed by atoms with E-state index in [2.05, 4.69) is 27.4 Å². The smallest absolute Gasteiger partial charge is 0.204 e. The third-order valence-corrected chi connectivity index (χ3v) is 1.81. The molecule has 15 heavy (non-hydrogen) atoms. The highest BCUT2D eigenvalue weighted by Gasteiger charge is 1.96. The first kappa shape index (κ1) is 13.7. The van der Waals surface area contributed by atoms with E-state index in [1.807, 2.05) is 20.3 Å².